The van der Waals surface area contributed by atoms with Gasteiger partial charge in [-0.25, -0.2) is 4.39 Å². The Hall–Kier alpha value is -2.81. The molecule has 35 heavy (non-hydrogen) atoms. The highest BCUT2D eigenvalue weighted by Crippen LogP contribution is 2.47. The molecule has 10 heteroatoms. The van der Waals surface area contributed by atoms with Gasteiger partial charge in [-0.1, -0.05) is 23.2 Å². The van der Waals surface area contributed by atoms with Crippen molar-refractivity contribution in [1.82, 2.24) is 10.6 Å². The quantitative estimate of drug-likeness (QED) is 0.440. The van der Waals surface area contributed by atoms with Crippen molar-refractivity contribution in [2.75, 3.05) is 6.61 Å². The van der Waals surface area contributed by atoms with Gasteiger partial charge in [-0.3, -0.25) is 9.59 Å². The molecule has 3 aliphatic carbocycles. The molecule has 3 N–H and O–H groups in total. The molecule has 0 saturated heterocycles. The average molecular weight is 521 g/mol. The number of halogens is 3. The van der Waals surface area contributed by atoms with Crippen molar-refractivity contribution >= 4 is 46.0 Å². The number of hydrogen-bond acceptors (Lipinski definition) is 5. The molecule has 3 aliphatic rings. The Morgan fingerprint density at radius 3 is 2.57 bits per heavy atom. The van der Waals surface area contributed by atoms with Crippen LogP contribution in [0.3, 0.4) is 0 Å². The predicted octanol–water partition coefficient (Wildman–Crippen LogP) is 4.62. The van der Waals surface area contributed by atoms with E-state index >= 15 is 0 Å². The summed E-state index contributed by atoms with van der Waals surface area (Å²) in [7, 11) is 0. The van der Waals surface area contributed by atoms with Crippen LogP contribution in [0.5, 0.6) is 5.75 Å². The number of carbonyl (C=O) groups excluding carboxylic acids is 2. The molecule has 0 unspecified atom stereocenters. The Morgan fingerprint density at radius 1 is 1.09 bits per heavy atom. The fraction of sp³-hybridized carbons (Fsp3) is 0.360. The number of amides is 2. The Bertz CT molecular complexity index is 1300. The van der Waals surface area contributed by atoms with Crippen LogP contribution in [0.25, 0.3) is 11.0 Å². The van der Waals surface area contributed by atoms with E-state index in [4.69, 9.17) is 32.4 Å². The van der Waals surface area contributed by atoms with Gasteiger partial charge in [-0.15, -0.1) is 0 Å². The second kappa shape index (κ2) is 9.00. The summed E-state index contributed by atoms with van der Waals surface area (Å²) >= 11 is 11.7. The van der Waals surface area contributed by atoms with E-state index in [0.29, 0.717) is 42.7 Å². The van der Waals surface area contributed by atoms with E-state index in [-0.39, 0.29) is 29.0 Å². The summed E-state index contributed by atoms with van der Waals surface area (Å²) in [5, 5.41) is 18.2. The Balaban J connectivity index is 1.20. The first kappa shape index (κ1) is 23.9. The first-order valence-corrected chi connectivity index (χ1v) is 12.0. The molecule has 2 amide bonds. The van der Waals surface area contributed by atoms with E-state index < -0.39 is 28.9 Å². The summed E-state index contributed by atoms with van der Waals surface area (Å²) in [4.78, 5) is 25.5. The Morgan fingerprint density at radius 2 is 1.86 bits per heavy atom. The first-order chi connectivity index (χ1) is 16.7. The third kappa shape index (κ3) is 4.70. The largest absolute Gasteiger partial charge is 0.484 e. The summed E-state index contributed by atoms with van der Waals surface area (Å²) in [5.41, 5.74) is -0.833. The van der Waals surface area contributed by atoms with Crippen LogP contribution in [0.15, 0.2) is 46.9 Å². The summed E-state index contributed by atoms with van der Waals surface area (Å²) in [6.45, 7) is -0.295. The molecular formula is C25H23Cl2FN2O5. The Kier molecular flexibility index (Phi) is 6.15. The van der Waals surface area contributed by atoms with E-state index in [1.807, 2.05) is 0 Å². The maximum Gasteiger partial charge on any atom is 0.287 e. The van der Waals surface area contributed by atoms with Gasteiger partial charge >= 0.3 is 0 Å². The van der Waals surface area contributed by atoms with Gasteiger partial charge < -0.3 is 24.9 Å². The number of carbonyl (C=O) groups is 2. The molecule has 1 heterocycles. The van der Waals surface area contributed by atoms with Crippen LogP contribution in [-0.4, -0.2) is 40.7 Å². The van der Waals surface area contributed by atoms with Crippen molar-refractivity contribution in [3.8, 4) is 5.75 Å². The highest BCUT2D eigenvalue weighted by Gasteiger charge is 2.55. The SMILES string of the molecule is O=C(COc1ccc(Cl)c(F)c1)NC12CCC(NC(=O)c3cc4cc(Cl)ccc4o3)(CC1)[C@@H](O)C2. The monoisotopic (exact) mass is 520 g/mol. The Labute approximate surface area is 210 Å². The number of aliphatic hydroxyl groups excluding tert-OH is 1. The molecule has 1 aromatic heterocycles. The third-order valence-electron chi connectivity index (χ3n) is 7.05. The number of fused-ring (bicyclic) bond motifs is 4. The van der Waals surface area contributed by atoms with Crippen LogP contribution >= 0.6 is 23.2 Å². The molecule has 0 spiro atoms. The molecule has 184 valence electrons. The number of benzene rings is 2. The number of aliphatic hydroxyl groups is 1. The molecule has 0 radical (unpaired) electrons. The molecule has 2 bridgehead atoms. The van der Waals surface area contributed by atoms with Crippen molar-refractivity contribution < 1.29 is 28.2 Å². The van der Waals surface area contributed by atoms with E-state index in [9.17, 15) is 19.1 Å². The standard InChI is InChI=1S/C25H23Cl2FN2O5/c26-15-1-4-19-14(9-15)10-20(35-19)23(33)30-25-7-5-24(6-8-25,12-21(25)31)29-22(32)13-34-16-2-3-17(27)18(28)11-16/h1-4,9-11,21,31H,5-8,12-13H2,(H,29,32)(H,30,33)/t21-,24?,25?/m0/s1. The lowest BCUT2D eigenvalue weighted by Gasteiger charge is -2.56. The normalized spacial score (nSPS) is 25.4. The van der Waals surface area contributed by atoms with Gasteiger partial charge in [0.25, 0.3) is 11.8 Å². The topological polar surface area (TPSA) is 101 Å². The highest BCUT2D eigenvalue weighted by molar-refractivity contribution is 6.31. The minimum atomic E-state index is -0.848. The van der Waals surface area contributed by atoms with Crippen molar-refractivity contribution in [3.05, 3.63) is 64.1 Å². The number of ether oxygens (including phenoxy) is 1. The van der Waals surface area contributed by atoms with E-state index in [1.54, 1.807) is 24.3 Å². The van der Waals surface area contributed by atoms with Gasteiger partial charge in [0, 0.05) is 22.0 Å². The van der Waals surface area contributed by atoms with Crippen molar-refractivity contribution in [3.63, 3.8) is 0 Å². The molecule has 6 rings (SSSR count). The summed E-state index contributed by atoms with van der Waals surface area (Å²) < 4.78 is 24.6. The molecule has 1 atom stereocenters. The first-order valence-electron chi connectivity index (χ1n) is 11.3. The van der Waals surface area contributed by atoms with Gasteiger partial charge in [0.1, 0.15) is 17.1 Å². The predicted molar refractivity (Wildman–Crippen MR) is 128 cm³/mol. The minimum Gasteiger partial charge on any atom is -0.484 e. The maximum atomic E-state index is 13.6. The van der Waals surface area contributed by atoms with Crippen molar-refractivity contribution in [2.45, 2.75) is 49.3 Å². The van der Waals surface area contributed by atoms with E-state index in [1.165, 1.54) is 12.1 Å². The smallest absolute Gasteiger partial charge is 0.287 e. The molecule has 3 saturated carbocycles. The van der Waals surface area contributed by atoms with Gasteiger partial charge in [-0.2, -0.15) is 0 Å². The fourth-order valence-electron chi connectivity index (χ4n) is 5.12. The third-order valence-corrected chi connectivity index (χ3v) is 7.59. The van der Waals surface area contributed by atoms with Gasteiger partial charge in [0.2, 0.25) is 0 Å². The lowest BCUT2D eigenvalue weighted by atomic mass is 9.60. The van der Waals surface area contributed by atoms with Crippen LogP contribution in [0.2, 0.25) is 10.0 Å². The summed E-state index contributed by atoms with van der Waals surface area (Å²) in [6, 6.07) is 10.7. The van der Waals surface area contributed by atoms with Crippen molar-refractivity contribution in [2.24, 2.45) is 0 Å². The molecule has 7 nitrogen and oxygen atoms in total. The number of hydrogen-bond donors (Lipinski definition) is 3. The lowest BCUT2D eigenvalue weighted by molar-refractivity contribution is -0.129. The fourth-order valence-corrected chi connectivity index (χ4v) is 5.42. The van der Waals surface area contributed by atoms with Gasteiger partial charge in [0.05, 0.1) is 16.7 Å². The van der Waals surface area contributed by atoms with Crippen LogP contribution in [0.1, 0.15) is 42.7 Å². The molecular weight excluding hydrogens is 498 g/mol. The zero-order valence-corrected chi connectivity index (χ0v) is 20.1. The minimum absolute atomic E-state index is 0.0283. The average Bonchev–Trinajstić information content (AvgIpc) is 3.24. The maximum absolute atomic E-state index is 13.6. The van der Waals surface area contributed by atoms with Crippen LogP contribution < -0.4 is 15.4 Å². The second-order valence-corrected chi connectivity index (χ2v) is 10.2. The zero-order valence-electron chi connectivity index (χ0n) is 18.6. The summed E-state index contributed by atoms with van der Waals surface area (Å²) in [6.07, 6.45) is 1.61. The number of nitrogens with one attached hydrogen (secondary N) is 2. The number of furan rings is 1. The molecule has 3 fully saturated rings. The molecule has 0 aliphatic heterocycles. The van der Waals surface area contributed by atoms with Crippen LogP contribution in [0.4, 0.5) is 4.39 Å². The number of rotatable bonds is 6. The van der Waals surface area contributed by atoms with Crippen LogP contribution in [-0.2, 0) is 4.79 Å². The zero-order chi connectivity index (χ0) is 24.8. The van der Waals surface area contributed by atoms with Gasteiger partial charge in [-0.05, 0) is 68.5 Å². The molecule has 3 aromatic rings. The van der Waals surface area contributed by atoms with Crippen LogP contribution in [0, 0.1) is 5.82 Å². The van der Waals surface area contributed by atoms with Crippen molar-refractivity contribution in [1.29, 1.82) is 0 Å². The highest BCUT2D eigenvalue weighted by atomic mass is 35.5. The summed E-state index contributed by atoms with van der Waals surface area (Å²) in [5.74, 6) is -1.06. The van der Waals surface area contributed by atoms with E-state index in [2.05, 4.69) is 10.6 Å². The van der Waals surface area contributed by atoms with E-state index in [0.717, 1.165) is 11.5 Å². The lowest BCUT2D eigenvalue weighted by Crippen LogP contribution is -2.70. The van der Waals surface area contributed by atoms with Gasteiger partial charge in [0.15, 0.2) is 12.4 Å². The molecule has 2 aromatic carbocycles. The second-order valence-electron chi connectivity index (χ2n) is 9.32.